The molecule has 3 rings (SSSR count). The summed E-state index contributed by atoms with van der Waals surface area (Å²) in [4.78, 5) is 23.7. The van der Waals surface area contributed by atoms with E-state index in [9.17, 15) is 9.59 Å². The largest absolute Gasteiger partial charge is 0.456 e. The van der Waals surface area contributed by atoms with E-state index in [1.165, 1.54) is 0 Å². The molecule has 0 bridgehead atoms. The van der Waals surface area contributed by atoms with Crippen LogP contribution < -0.4 is 0 Å². The van der Waals surface area contributed by atoms with E-state index in [0.29, 0.717) is 0 Å². The first-order chi connectivity index (χ1) is 8.96. The topological polar surface area (TPSA) is 52.6 Å². The van der Waals surface area contributed by atoms with Crippen LogP contribution in [0.15, 0.2) is 28.7 Å². The first-order valence-electron chi connectivity index (χ1n) is 6.16. The lowest BCUT2D eigenvalue weighted by Crippen LogP contribution is -2.39. The quantitative estimate of drug-likeness (QED) is 0.744. The lowest BCUT2D eigenvalue weighted by molar-refractivity contribution is -0.156. The number of ether oxygens (including phenoxy) is 2. The van der Waals surface area contributed by atoms with Gasteiger partial charge in [0.2, 0.25) is 0 Å². The van der Waals surface area contributed by atoms with Crippen molar-refractivity contribution in [2.45, 2.75) is 25.6 Å². The SMILES string of the molecule is C[C@@H]1C(=O)O[C@]2(c3ccc(Br)cc3)[C@H](C)C(=O)O[C@H]12. The van der Waals surface area contributed by atoms with Gasteiger partial charge in [0.1, 0.15) is 5.92 Å². The van der Waals surface area contributed by atoms with Crippen LogP contribution in [0.3, 0.4) is 0 Å². The summed E-state index contributed by atoms with van der Waals surface area (Å²) in [7, 11) is 0. The molecule has 19 heavy (non-hydrogen) atoms. The predicted molar refractivity (Wildman–Crippen MR) is 70.1 cm³/mol. The minimum atomic E-state index is -0.978. The van der Waals surface area contributed by atoms with Crippen molar-refractivity contribution in [3.05, 3.63) is 34.3 Å². The van der Waals surface area contributed by atoms with Crippen LogP contribution in [0, 0.1) is 11.8 Å². The summed E-state index contributed by atoms with van der Waals surface area (Å²) in [6, 6.07) is 7.46. The molecule has 0 amide bonds. The first-order valence-corrected chi connectivity index (χ1v) is 6.95. The second-order valence-electron chi connectivity index (χ2n) is 5.09. The molecule has 0 saturated carbocycles. The normalized spacial score (nSPS) is 36.9. The third kappa shape index (κ3) is 1.57. The number of carbonyl (C=O) groups excluding carboxylic acids is 2. The van der Waals surface area contributed by atoms with Crippen LogP contribution in [-0.4, -0.2) is 18.0 Å². The molecule has 0 radical (unpaired) electrons. The van der Waals surface area contributed by atoms with Crippen molar-refractivity contribution < 1.29 is 19.1 Å². The molecule has 0 aliphatic carbocycles. The number of hydrogen-bond acceptors (Lipinski definition) is 4. The smallest absolute Gasteiger partial charge is 0.313 e. The highest BCUT2D eigenvalue weighted by Crippen LogP contribution is 2.51. The predicted octanol–water partition coefficient (Wildman–Crippen LogP) is 2.40. The van der Waals surface area contributed by atoms with E-state index in [4.69, 9.17) is 9.47 Å². The zero-order chi connectivity index (χ0) is 13.8. The molecule has 0 aromatic heterocycles. The molecule has 0 unspecified atom stereocenters. The molecule has 0 N–H and O–H groups in total. The van der Waals surface area contributed by atoms with Crippen LogP contribution in [0.1, 0.15) is 19.4 Å². The van der Waals surface area contributed by atoms with Crippen LogP contribution in [0.5, 0.6) is 0 Å². The van der Waals surface area contributed by atoms with Gasteiger partial charge in [-0.2, -0.15) is 0 Å². The summed E-state index contributed by atoms with van der Waals surface area (Å²) < 4.78 is 11.9. The van der Waals surface area contributed by atoms with Gasteiger partial charge >= 0.3 is 11.9 Å². The molecule has 100 valence electrons. The van der Waals surface area contributed by atoms with Gasteiger partial charge in [-0.3, -0.25) is 9.59 Å². The van der Waals surface area contributed by atoms with E-state index < -0.39 is 23.5 Å². The molecule has 0 spiro atoms. The molecule has 2 aliphatic heterocycles. The second kappa shape index (κ2) is 4.07. The Morgan fingerprint density at radius 1 is 1.11 bits per heavy atom. The molecule has 2 fully saturated rings. The number of carbonyl (C=O) groups is 2. The van der Waals surface area contributed by atoms with Crippen LogP contribution in [-0.2, 0) is 24.7 Å². The highest BCUT2D eigenvalue weighted by atomic mass is 79.9. The molecule has 4 atom stereocenters. The van der Waals surface area contributed by atoms with Crippen molar-refractivity contribution >= 4 is 27.9 Å². The van der Waals surface area contributed by atoms with Crippen LogP contribution in [0.2, 0.25) is 0 Å². The molecular formula is C14H13BrO4. The molecule has 2 heterocycles. The van der Waals surface area contributed by atoms with Gasteiger partial charge < -0.3 is 9.47 Å². The van der Waals surface area contributed by atoms with Crippen LogP contribution in [0.25, 0.3) is 0 Å². The maximum atomic E-state index is 11.9. The van der Waals surface area contributed by atoms with Crippen molar-refractivity contribution in [3.8, 4) is 0 Å². The van der Waals surface area contributed by atoms with E-state index in [1.807, 2.05) is 24.3 Å². The Kier molecular flexibility index (Phi) is 2.71. The van der Waals surface area contributed by atoms with Gasteiger partial charge in [-0.15, -0.1) is 0 Å². The summed E-state index contributed by atoms with van der Waals surface area (Å²) in [5, 5.41) is 0. The third-order valence-electron chi connectivity index (χ3n) is 4.05. The molecule has 1 aromatic rings. The van der Waals surface area contributed by atoms with Gasteiger partial charge in [0, 0.05) is 10.0 Å². The lowest BCUT2D eigenvalue weighted by Gasteiger charge is -2.29. The highest BCUT2D eigenvalue weighted by Gasteiger charge is 2.66. The number of fused-ring (bicyclic) bond motifs is 1. The summed E-state index contributed by atoms with van der Waals surface area (Å²) >= 11 is 3.37. The average molecular weight is 325 g/mol. The number of benzene rings is 1. The van der Waals surface area contributed by atoms with Crippen molar-refractivity contribution in [2.24, 2.45) is 11.8 Å². The van der Waals surface area contributed by atoms with Crippen molar-refractivity contribution in [1.29, 1.82) is 0 Å². The van der Waals surface area contributed by atoms with Gasteiger partial charge in [0.15, 0.2) is 11.7 Å². The Morgan fingerprint density at radius 2 is 1.74 bits per heavy atom. The average Bonchev–Trinajstić information content (AvgIpc) is 2.78. The second-order valence-corrected chi connectivity index (χ2v) is 6.00. The Balaban J connectivity index is 2.15. The van der Waals surface area contributed by atoms with Gasteiger partial charge in [0.05, 0.1) is 5.92 Å². The summed E-state index contributed by atoms with van der Waals surface area (Å²) in [5.74, 6) is -1.55. The minimum absolute atomic E-state index is 0.313. The fourth-order valence-corrected chi connectivity index (χ4v) is 3.19. The molecule has 2 saturated heterocycles. The number of hydrogen-bond donors (Lipinski definition) is 0. The Morgan fingerprint density at radius 3 is 2.37 bits per heavy atom. The fraction of sp³-hybridized carbons (Fsp3) is 0.429. The van der Waals surface area contributed by atoms with Crippen molar-refractivity contribution in [3.63, 3.8) is 0 Å². The highest BCUT2D eigenvalue weighted by molar-refractivity contribution is 9.10. The van der Waals surface area contributed by atoms with E-state index >= 15 is 0 Å². The van der Waals surface area contributed by atoms with Gasteiger partial charge in [-0.1, -0.05) is 28.1 Å². The standard InChI is InChI=1S/C14H13BrO4/c1-7-11-14(19-12(7)16,8(2)13(17)18-11)9-3-5-10(15)6-4-9/h3-8,11H,1-2H3/t7-,8+,11+,14-/m0/s1. The number of halogens is 1. The maximum Gasteiger partial charge on any atom is 0.313 e. The summed E-state index contributed by atoms with van der Waals surface area (Å²) in [6.45, 7) is 3.48. The van der Waals surface area contributed by atoms with Crippen LogP contribution in [0.4, 0.5) is 0 Å². The van der Waals surface area contributed by atoms with Gasteiger partial charge in [-0.05, 0) is 26.0 Å². The summed E-state index contributed by atoms with van der Waals surface area (Å²) in [6.07, 6.45) is -0.538. The van der Waals surface area contributed by atoms with Crippen molar-refractivity contribution in [2.75, 3.05) is 0 Å². The summed E-state index contributed by atoms with van der Waals surface area (Å²) in [5.41, 5.74) is -0.175. The zero-order valence-corrected chi connectivity index (χ0v) is 12.1. The number of rotatable bonds is 1. The zero-order valence-electron chi connectivity index (χ0n) is 10.6. The Hall–Kier alpha value is -1.36. The van der Waals surface area contributed by atoms with E-state index in [1.54, 1.807) is 13.8 Å². The molecule has 2 aliphatic rings. The minimum Gasteiger partial charge on any atom is -0.456 e. The van der Waals surface area contributed by atoms with Crippen molar-refractivity contribution in [1.82, 2.24) is 0 Å². The van der Waals surface area contributed by atoms with E-state index in [2.05, 4.69) is 15.9 Å². The fourth-order valence-electron chi connectivity index (χ4n) is 2.92. The maximum absolute atomic E-state index is 11.9. The monoisotopic (exact) mass is 324 g/mol. The van der Waals surface area contributed by atoms with Crippen LogP contribution >= 0.6 is 15.9 Å². The third-order valence-corrected chi connectivity index (χ3v) is 4.58. The molecular weight excluding hydrogens is 312 g/mol. The lowest BCUT2D eigenvalue weighted by atomic mass is 9.78. The Labute approximate surface area is 119 Å². The Bertz CT molecular complexity index is 551. The first kappa shape index (κ1) is 12.7. The molecule has 4 nitrogen and oxygen atoms in total. The molecule has 5 heteroatoms. The van der Waals surface area contributed by atoms with Gasteiger partial charge in [-0.25, -0.2) is 0 Å². The van der Waals surface area contributed by atoms with E-state index in [0.717, 1.165) is 10.0 Å². The number of esters is 2. The molecule has 1 aromatic carbocycles. The van der Waals surface area contributed by atoms with E-state index in [-0.39, 0.29) is 11.9 Å². The van der Waals surface area contributed by atoms with Gasteiger partial charge in [0.25, 0.3) is 0 Å².